The number of aromatic nitrogens is 1. The number of hydrogen-bond acceptors (Lipinski definition) is 1. The zero-order valence-corrected chi connectivity index (χ0v) is 13.5. The van der Waals surface area contributed by atoms with Crippen molar-refractivity contribution in [2.75, 3.05) is 0 Å². The highest BCUT2D eigenvalue weighted by Crippen LogP contribution is 2.31. The molecule has 2 aromatic carbocycles. The first-order chi connectivity index (χ1) is 10.1. The molecule has 0 saturated carbocycles. The van der Waals surface area contributed by atoms with E-state index in [1.54, 1.807) is 12.1 Å². The van der Waals surface area contributed by atoms with Gasteiger partial charge in [-0.3, -0.25) is 0 Å². The molecule has 0 fully saturated rings. The molecular formula is C17H15FINO. The lowest BCUT2D eigenvalue weighted by molar-refractivity contribution is 0.418. The van der Waals surface area contributed by atoms with Gasteiger partial charge in [0.05, 0.1) is 5.39 Å². The number of aromatic hydroxyl groups is 1. The summed E-state index contributed by atoms with van der Waals surface area (Å²) in [5.74, 6) is 0.117. The summed E-state index contributed by atoms with van der Waals surface area (Å²) in [5.41, 5.74) is 0.987. The average molecular weight is 395 g/mol. The normalized spacial score (nSPS) is 11.1. The van der Waals surface area contributed by atoms with E-state index in [1.807, 2.05) is 35.0 Å². The van der Waals surface area contributed by atoms with Crippen LogP contribution in [0, 0.1) is 9.39 Å². The Kier molecular flexibility index (Phi) is 4.14. The molecule has 0 spiro atoms. The second-order valence-corrected chi connectivity index (χ2v) is 6.25. The van der Waals surface area contributed by atoms with Gasteiger partial charge in [0.2, 0.25) is 0 Å². The van der Waals surface area contributed by atoms with Crippen LogP contribution in [0.5, 0.6) is 5.88 Å². The first-order valence-electron chi connectivity index (χ1n) is 6.86. The van der Waals surface area contributed by atoms with Crippen molar-refractivity contribution in [2.45, 2.75) is 19.4 Å². The number of benzene rings is 2. The summed E-state index contributed by atoms with van der Waals surface area (Å²) in [7, 11) is 0. The highest BCUT2D eigenvalue weighted by molar-refractivity contribution is 14.1. The number of aryl methyl sites for hydroxylation is 2. The van der Waals surface area contributed by atoms with Crippen LogP contribution in [0.3, 0.4) is 0 Å². The Morgan fingerprint density at radius 1 is 1.14 bits per heavy atom. The summed E-state index contributed by atoms with van der Waals surface area (Å²) >= 11 is 2.23. The molecule has 1 aromatic heterocycles. The summed E-state index contributed by atoms with van der Waals surface area (Å²) in [6, 6.07) is 12.7. The van der Waals surface area contributed by atoms with Crippen LogP contribution in [0.25, 0.3) is 10.8 Å². The predicted molar refractivity (Wildman–Crippen MR) is 91.0 cm³/mol. The van der Waals surface area contributed by atoms with Gasteiger partial charge < -0.3 is 9.67 Å². The van der Waals surface area contributed by atoms with Gasteiger partial charge in [0, 0.05) is 21.7 Å². The Hall–Kier alpha value is -1.56. The second kappa shape index (κ2) is 6.05. The SMILES string of the molecule is Oc1c2c(I)cccc2cn1CCCc1cccc(F)c1. The molecule has 0 aliphatic rings. The topological polar surface area (TPSA) is 25.2 Å². The minimum absolute atomic E-state index is 0.198. The lowest BCUT2D eigenvalue weighted by atomic mass is 10.1. The Morgan fingerprint density at radius 2 is 1.95 bits per heavy atom. The minimum atomic E-state index is -0.198. The summed E-state index contributed by atoms with van der Waals surface area (Å²) < 4.78 is 16.0. The molecule has 3 aromatic rings. The Bertz CT molecular complexity index is 782. The molecule has 1 heterocycles. The molecule has 2 nitrogen and oxygen atoms in total. The van der Waals surface area contributed by atoms with Crippen molar-refractivity contribution < 1.29 is 9.50 Å². The van der Waals surface area contributed by atoms with E-state index in [2.05, 4.69) is 22.6 Å². The van der Waals surface area contributed by atoms with Crippen LogP contribution in [0.15, 0.2) is 48.7 Å². The minimum Gasteiger partial charge on any atom is -0.494 e. The fourth-order valence-corrected chi connectivity index (χ4v) is 3.33. The van der Waals surface area contributed by atoms with Crippen LogP contribution in [0.1, 0.15) is 12.0 Å². The molecule has 21 heavy (non-hydrogen) atoms. The third-order valence-corrected chi connectivity index (χ3v) is 4.49. The Labute approximate surface area is 136 Å². The molecule has 0 unspecified atom stereocenters. The van der Waals surface area contributed by atoms with E-state index in [4.69, 9.17) is 0 Å². The van der Waals surface area contributed by atoms with E-state index >= 15 is 0 Å². The molecule has 0 aliphatic heterocycles. The monoisotopic (exact) mass is 395 g/mol. The van der Waals surface area contributed by atoms with Gasteiger partial charge in [-0.15, -0.1) is 0 Å². The maximum Gasteiger partial charge on any atom is 0.200 e. The van der Waals surface area contributed by atoms with Gasteiger partial charge in [0.25, 0.3) is 0 Å². The summed E-state index contributed by atoms with van der Waals surface area (Å²) in [4.78, 5) is 0. The largest absolute Gasteiger partial charge is 0.494 e. The quantitative estimate of drug-likeness (QED) is 0.636. The molecule has 1 N–H and O–H groups in total. The van der Waals surface area contributed by atoms with E-state index in [0.29, 0.717) is 12.4 Å². The van der Waals surface area contributed by atoms with Gasteiger partial charge in [-0.25, -0.2) is 4.39 Å². The molecule has 0 bridgehead atoms. The molecule has 0 saturated heterocycles. The Balaban J connectivity index is 1.74. The van der Waals surface area contributed by atoms with Gasteiger partial charge in [0.15, 0.2) is 5.88 Å². The van der Waals surface area contributed by atoms with Crippen LogP contribution >= 0.6 is 22.6 Å². The fraction of sp³-hybridized carbons (Fsp3) is 0.176. The number of hydrogen-bond donors (Lipinski definition) is 1. The van der Waals surface area contributed by atoms with Crippen molar-refractivity contribution in [1.82, 2.24) is 4.57 Å². The van der Waals surface area contributed by atoms with E-state index in [-0.39, 0.29) is 5.82 Å². The van der Waals surface area contributed by atoms with Crippen LogP contribution < -0.4 is 0 Å². The van der Waals surface area contributed by atoms with Crippen molar-refractivity contribution in [3.8, 4) is 5.88 Å². The first kappa shape index (κ1) is 14.4. The van der Waals surface area contributed by atoms with Crippen LogP contribution in [0.2, 0.25) is 0 Å². The first-order valence-corrected chi connectivity index (χ1v) is 7.94. The zero-order valence-electron chi connectivity index (χ0n) is 11.4. The standard InChI is InChI=1S/C17H15FINO/c18-14-7-1-4-12(10-14)5-3-9-20-11-13-6-2-8-15(19)16(13)17(20)21/h1-2,4,6-8,10-11,21H,3,5,9H2. The zero-order chi connectivity index (χ0) is 14.8. The van der Waals surface area contributed by atoms with Crippen molar-refractivity contribution in [3.05, 3.63) is 63.6 Å². The number of nitrogens with zero attached hydrogens (tertiary/aromatic N) is 1. The smallest absolute Gasteiger partial charge is 0.200 e. The van der Waals surface area contributed by atoms with Gasteiger partial charge in [-0.05, 0) is 59.2 Å². The molecular weight excluding hydrogens is 380 g/mol. The van der Waals surface area contributed by atoms with E-state index in [1.165, 1.54) is 6.07 Å². The van der Waals surface area contributed by atoms with Crippen molar-refractivity contribution in [2.24, 2.45) is 0 Å². The summed E-state index contributed by atoms with van der Waals surface area (Å²) in [6.45, 7) is 0.715. The third kappa shape index (κ3) is 3.05. The third-order valence-electron chi connectivity index (χ3n) is 3.59. The van der Waals surface area contributed by atoms with Gasteiger partial charge in [-0.2, -0.15) is 0 Å². The van der Waals surface area contributed by atoms with Crippen LogP contribution in [0.4, 0.5) is 4.39 Å². The lowest BCUT2D eigenvalue weighted by Crippen LogP contribution is -1.97. The highest BCUT2D eigenvalue weighted by Gasteiger charge is 2.10. The molecule has 4 heteroatoms. The van der Waals surface area contributed by atoms with Gasteiger partial charge >= 0.3 is 0 Å². The Morgan fingerprint density at radius 3 is 2.71 bits per heavy atom. The maximum absolute atomic E-state index is 13.1. The summed E-state index contributed by atoms with van der Waals surface area (Å²) in [5, 5.41) is 12.3. The predicted octanol–water partition coefficient (Wildman–Crippen LogP) is 4.72. The van der Waals surface area contributed by atoms with Gasteiger partial charge in [-0.1, -0.05) is 24.3 Å². The van der Waals surface area contributed by atoms with Crippen molar-refractivity contribution in [1.29, 1.82) is 0 Å². The molecule has 0 amide bonds. The molecule has 0 radical (unpaired) electrons. The second-order valence-electron chi connectivity index (χ2n) is 5.08. The van der Waals surface area contributed by atoms with Crippen LogP contribution in [-0.4, -0.2) is 9.67 Å². The van der Waals surface area contributed by atoms with Gasteiger partial charge in [0.1, 0.15) is 5.82 Å². The average Bonchev–Trinajstić information content (AvgIpc) is 2.77. The fourth-order valence-electron chi connectivity index (χ4n) is 2.57. The van der Waals surface area contributed by atoms with Crippen molar-refractivity contribution in [3.63, 3.8) is 0 Å². The van der Waals surface area contributed by atoms with E-state index in [0.717, 1.165) is 32.7 Å². The van der Waals surface area contributed by atoms with Crippen molar-refractivity contribution >= 4 is 33.4 Å². The number of rotatable bonds is 4. The molecule has 0 aliphatic carbocycles. The number of halogens is 2. The molecule has 0 atom stereocenters. The lowest BCUT2D eigenvalue weighted by Gasteiger charge is -2.05. The number of fused-ring (bicyclic) bond motifs is 1. The maximum atomic E-state index is 13.1. The highest BCUT2D eigenvalue weighted by atomic mass is 127. The molecule has 3 rings (SSSR count). The van der Waals surface area contributed by atoms with E-state index in [9.17, 15) is 9.50 Å². The molecule has 108 valence electrons. The van der Waals surface area contributed by atoms with Crippen LogP contribution in [-0.2, 0) is 13.0 Å². The van der Waals surface area contributed by atoms with E-state index < -0.39 is 0 Å². The summed E-state index contributed by atoms with van der Waals surface area (Å²) in [6.07, 6.45) is 3.62.